The van der Waals surface area contributed by atoms with E-state index in [1.165, 1.54) is 30.7 Å². The van der Waals surface area contributed by atoms with Crippen molar-refractivity contribution in [1.29, 1.82) is 0 Å². The summed E-state index contributed by atoms with van der Waals surface area (Å²) in [5.41, 5.74) is 6.52. The molecule has 0 bridgehead atoms. The number of nitrogens with zero attached hydrogens (tertiary/aromatic N) is 2. The fourth-order valence-corrected chi connectivity index (χ4v) is 2.25. The predicted molar refractivity (Wildman–Crippen MR) is 74.1 cm³/mol. The van der Waals surface area contributed by atoms with Crippen molar-refractivity contribution in [3.8, 4) is 0 Å². The molecule has 1 unspecified atom stereocenters. The van der Waals surface area contributed by atoms with Crippen LogP contribution in [0.25, 0.3) is 0 Å². The maximum atomic E-state index is 11.7. The van der Waals surface area contributed by atoms with Crippen molar-refractivity contribution in [1.82, 2.24) is 9.97 Å². The van der Waals surface area contributed by atoms with Crippen LogP contribution in [0.15, 0.2) is 23.8 Å². The number of rotatable bonds is 4. The molecule has 2 heterocycles. The molecule has 0 aliphatic heterocycles. The van der Waals surface area contributed by atoms with Crippen LogP contribution in [0.2, 0.25) is 0 Å². The van der Waals surface area contributed by atoms with Crippen molar-refractivity contribution in [2.45, 2.75) is 13.0 Å². The summed E-state index contributed by atoms with van der Waals surface area (Å²) in [6, 6.07) is 1.46. The second-order valence-corrected chi connectivity index (χ2v) is 4.81. The first-order chi connectivity index (χ1) is 9.11. The number of esters is 1. The van der Waals surface area contributed by atoms with E-state index in [2.05, 4.69) is 15.3 Å². The lowest BCUT2D eigenvalue weighted by Gasteiger charge is -2.15. The van der Waals surface area contributed by atoms with Crippen LogP contribution in [-0.4, -0.2) is 23.0 Å². The molecule has 0 amide bonds. The quantitative estimate of drug-likeness (QED) is 0.832. The SMILES string of the molecule is COC(=O)c1cc(N)ncc1NC(C)c1nccs1. The summed E-state index contributed by atoms with van der Waals surface area (Å²) in [6.45, 7) is 1.95. The van der Waals surface area contributed by atoms with Crippen molar-refractivity contribution in [3.63, 3.8) is 0 Å². The minimum absolute atomic E-state index is 0.0335. The van der Waals surface area contributed by atoms with Gasteiger partial charge in [0.05, 0.1) is 30.6 Å². The number of hydrogen-bond acceptors (Lipinski definition) is 7. The molecule has 7 heteroatoms. The van der Waals surface area contributed by atoms with Crippen LogP contribution in [0.4, 0.5) is 11.5 Å². The van der Waals surface area contributed by atoms with E-state index in [1.807, 2.05) is 12.3 Å². The van der Waals surface area contributed by atoms with E-state index in [4.69, 9.17) is 10.5 Å². The lowest BCUT2D eigenvalue weighted by molar-refractivity contribution is 0.0601. The van der Waals surface area contributed by atoms with Crippen molar-refractivity contribution in [2.75, 3.05) is 18.2 Å². The summed E-state index contributed by atoms with van der Waals surface area (Å²) in [5.74, 6) is -0.184. The third kappa shape index (κ3) is 3.00. The molecule has 2 aromatic heterocycles. The lowest BCUT2D eigenvalue weighted by atomic mass is 10.2. The monoisotopic (exact) mass is 278 g/mol. The second-order valence-electron chi connectivity index (χ2n) is 3.88. The minimum atomic E-state index is -0.456. The molecule has 0 radical (unpaired) electrons. The van der Waals surface area contributed by atoms with Gasteiger partial charge >= 0.3 is 5.97 Å². The summed E-state index contributed by atoms with van der Waals surface area (Å²) in [5, 5.41) is 6.01. The second kappa shape index (κ2) is 5.66. The zero-order valence-corrected chi connectivity index (χ0v) is 11.4. The van der Waals surface area contributed by atoms with Crippen molar-refractivity contribution >= 4 is 28.8 Å². The van der Waals surface area contributed by atoms with Crippen molar-refractivity contribution < 1.29 is 9.53 Å². The normalized spacial score (nSPS) is 11.9. The fraction of sp³-hybridized carbons (Fsp3) is 0.250. The van der Waals surface area contributed by atoms with E-state index < -0.39 is 5.97 Å². The van der Waals surface area contributed by atoms with E-state index in [9.17, 15) is 4.79 Å². The molecule has 0 saturated heterocycles. The lowest BCUT2D eigenvalue weighted by Crippen LogP contribution is -2.12. The first-order valence-corrected chi connectivity index (χ1v) is 6.49. The Kier molecular flexibility index (Phi) is 3.96. The van der Waals surface area contributed by atoms with E-state index in [1.54, 1.807) is 6.20 Å². The molecule has 0 fully saturated rings. The van der Waals surface area contributed by atoms with Crippen LogP contribution in [-0.2, 0) is 4.74 Å². The van der Waals surface area contributed by atoms with Gasteiger partial charge in [-0.2, -0.15) is 0 Å². The molecule has 0 aliphatic carbocycles. The Balaban J connectivity index is 2.27. The van der Waals surface area contributed by atoms with Gasteiger partial charge in [-0.15, -0.1) is 11.3 Å². The van der Waals surface area contributed by atoms with Crippen LogP contribution in [0.3, 0.4) is 0 Å². The first kappa shape index (κ1) is 13.3. The Morgan fingerprint density at radius 2 is 2.32 bits per heavy atom. The topological polar surface area (TPSA) is 90.1 Å². The molecular weight excluding hydrogens is 264 g/mol. The minimum Gasteiger partial charge on any atom is -0.465 e. The maximum Gasteiger partial charge on any atom is 0.340 e. The summed E-state index contributed by atoms with van der Waals surface area (Å²) in [6.07, 6.45) is 3.26. The number of nitrogen functional groups attached to an aromatic ring is 1. The van der Waals surface area contributed by atoms with Gasteiger partial charge in [0.1, 0.15) is 10.8 Å². The number of pyridine rings is 1. The third-order valence-corrected chi connectivity index (χ3v) is 3.48. The standard InChI is InChI=1S/C12H14N4O2S/c1-7(11-14-3-4-19-11)16-9-6-15-10(13)5-8(9)12(17)18-2/h3-7,16H,1-2H3,(H2,13,15). The smallest absolute Gasteiger partial charge is 0.340 e. The highest BCUT2D eigenvalue weighted by Crippen LogP contribution is 2.24. The van der Waals surface area contributed by atoms with Gasteiger partial charge in [-0.05, 0) is 13.0 Å². The number of aromatic nitrogens is 2. The van der Waals surface area contributed by atoms with E-state index in [0.717, 1.165) is 5.01 Å². The van der Waals surface area contributed by atoms with Crippen LogP contribution < -0.4 is 11.1 Å². The summed E-state index contributed by atoms with van der Waals surface area (Å²) < 4.78 is 4.73. The number of ether oxygens (including phenoxy) is 1. The molecule has 6 nitrogen and oxygen atoms in total. The summed E-state index contributed by atoms with van der Waals surface area (Å²) >= 11 is 1.54. The van der Waals surface area contributed by atoms with Gasteiger partial charge in [-0.25, -0.2) is 14.8 Å². The molecule has 100 valence electrons. The maximum absolute atomic E-state index is 11.7. The zero-order valence-electron chi connectivity index (χ0n) is 10.6. The molecule has 0 aromatic carbocycles. The van der Waals surface area contributed by atoms with E-state index in [0.29, 0.717) is 11.3 Å². The largest absolute Gasteiger partial charge is 0.465 e. The van der Waals surface area contributed by atoms with Crippen molar-refractivity contribution in [3.05, 3.63) is 34.4 Å². The Labute approximate surface area is 114 Å². The number of hydrogen-bond donors (Lipinski definition) is 2. The number of nitrogens with one attached hydrogen (secondary N) is 1. The molecule has 0 aliphatic rings. The van der Waals surface area contributed by atoms with Crippen LogP contribution in [0.5, 0.6) is 0 Å². The number of nitrogens with two attached hydrogens (primary N) is 1. The van der Waals surface area contributed by atoms with Gasteiger partial charge in [-0.1, -0.05) is 0 Å². The van der Waals surface area contributed by atoms with Crippen LogP contribution >= 0.6 is 11.3 Å². The Bertz CT molecular complexity index is 571. The number of carbonyl (C=O) groups excluding carboxylic acids is 1. The summed E-state index contributed by atoms with van der Waals surface area (Å²) in [7, 11) is 1.33. The Morgan fingerprint density at radius 1 is 1.53 bits per heavy atom. The summed E-state index contributed by atoms with van der Waals surface area (Å²) in [4.78, 5) is 19.9. The third-order valence-electron chi connectivity index (χ3n) is 2.52. The van der Waals surface area contributed by atoms with Gasteiger partial charge in [0.2, 0.25) is 0 Å². The van der Waals surface area contributed by atoms with Gasteiger partial charge < -0.3 is 15.8 Å². The number of carbonyl (C=O) groups is 1. The number of anilines is 2. The van der Waals surface area contributed by atoms with Gasteiger partial charge in [0.25, 0.3) is 0 Å². The van der Waals surface area contributed by atoms with Crippen molar-refractivity contribution in [2.24, 2.45) is 0 Å². The Hall–Kier alpha value is -2.15. The molecule has 2 aromatic rings. The molecule has 3 N–H and O–H groups in total. The van der Waals surface area contributed by atoms with E-state index >= 15 is 0 Å². The predicted octanol–water partition coefficient (Wildman–Crippen LogP) is 2.08. The fourth-order valence-electron chi connectivity index (χ4n) is 1.61. The zero-order chi connectivity index (χ0) is 13.8. The molecule has 0 saturated carbocycles. The molecule has 19 heavy (non-hydrogen) atoms. The molecule has 1 atom stereocenters. The molecule has 2 rings (SSSR count). The average Bonchev–Trinajstić information content (AvgIpc) is 2.94. The first-order valence-electron chi connectivity index (χ1n) is 5.61. The van der Waals surface area contributed by atoms with Gasteiger partial charge in [0.15, 0.2) is 0 Å². The highest BCUT2D eigenvalue weighted by atomic mass is 32.1. The average molecular weight is 278 g/mol. The van der Waals surface area contributed by atoms with Gasteiger partial charge in [-0.3, -0.25) is 0 Å². The van der Waals surface area contributed by atoms with Gasteiger partial charge in [0, 0.05) is 11.6 Å². The van der Waals surface area contributed by atoms with Crippen LogP contribution in [0, 0.1) is 0 Å². The highest BCUT2D eigenvalue weighted by Gasteiger charge is 2.16. The highest BCUT2D eigenvalue weighted by molar-refractivity contribution is 7.09. The number of methoxy groups -OCH3 is 1. The molecule has 0 spiro atoms. The molecular formula is C12H14N4O2S. The van der Waals surface area contributed by atoms with Crippen LogP contribution in [0.1, 0.15) is 28.3 Å². The Morgan fingerprint density at radius 3 is 2.95 bits per heavy atom. The van der Waals surface area contributed by atoms with E-state index in [-0.39, 0.29) is 11.9 Å². The number of thiazole rings is 1.